The van der Waals surface area contributed by atoms with Gasteiger partial charge in [0.1, 0.15) is 89.2 Å². The molecule has 11 rings (SSSR count). The largest absolute Gasteiger partial charge is 0.496 e. The fourth-order valence-corrected chi connectivity index (χ4v) is 10.5. The summed E-state index contributed by atoms with van der Waals surface area (Å²) in [4.78, 5) is 27.3. The number of Topliss-reactive ketones (excluding diaryl/α,β-unsaturated/α-hetero) is 2. The second-order valence-electron chi connectivity index (χ2n) is 18.2. The highest BCUT2D eigenvalue weighted by Gasteiger charge is 2.47. The van der Waals surface area contributed by atoms with Crippen molar-refractivity contribution in [1.82, 2.24) is 0 Å². The summed E-state index contributed by atoms with van der Waals surface area (Å²) in [5, 5.41) is 28.8. The van der Waals surface area contributed by atoms with E-state index in [2.05, 4.69) is 0 Å². The first kappa shape index (κ1) is 46.8. The zero-order chi connectivity index (χ0) is 49.3. The van der Waals surface area contributed by atoms with Crippen molar-refractivity contribution in [1.29, 1.82) is 0 Å². The highest BCUT2D eigenvalue weighted by molar-refractivity contribution is 7.86. The van der Waals surface area contributed by atoms with Gasteiger partial charge in [-0.3, -0.25) is 13.8 Å². The minimum absolute atomic E-state index is 0.0590. The molecule has 0 radical (unpaired) electrons. The summed E-state index contributed by atoms with van der Waals surface area (Å²) >= 11 is 0. The molecule has 5 aromatic carbocycles. The molecule has 0 aliphatic carbocycles. The zero-order valence-electron chi connectivity index (χ0n) is 38.8. The van der Waals surface area contributed by atoms with Gasteiger partial charge in [-0.2, -0.15) is 8.42 Å². The lowest BCUT2D eigenvalue weighted by Gasteiger charge is -2.39. The molecule has 6 aliphatic rings. The van der Waals surface area contributed by atoms with Crippen LogP contribution in [-0.4, -0.2) is 99.4 Å². The van der Waals surface area contributed by atoms with Crippen LogP contribution in [0.25, 0.3) is 12.2 Å². The number of carbonyl (C=O) groups excluding carboxylic acids is 2. The maximum absolute atomic E-state index is 13.8. The quantitative estimate of drug-likeness (QED) is 0.132. The van der Waals surface area contributed by atoms with Crippen molar-refractivity contribution in [2.75, 3.05) is 40.6 Å². The molecule has 70 heavy (non-hydrogen) atoms. The van der Waals surface area contributed by atoms with Crippen molar-refractivity contribution < 1.29 is 75.4 Å². The van der Waals surface area contributed by atoms with Gasteiger partial charge in [-0.15, -0.1) is 0 Å². The van der Waals surface area contributed by atoms with Crippen LogP contribution < -0.4 is 37.9 Å². The van der Waals surface area contributed by atoms with E-state index in [1.807, 2.05) is 13.0 Å². The van der Waals surface area contributed by atoms with Crippen molar-refractivity contribution in [3.05, 3.63) is 135 Å². The van der Waals surface area contributed by atoms with Gasteiger partial charge in [0.2, 0.25) is 0 Å². The van der Waals surface area contributed by atoms with Gasteiger partial charge in [0.05, 0.1) is 73.0 Å². The van der Waals surface area contributed by atoms with Crippen molar-refractivity contribution in [3.8, 4) is 46.0 Å². The number of benzene rings is 5. The van der Waals surface area contributed by atoms with E-state index in [0.29, 0.717) is 90.5 Å². The Kier molecular flexibility index (Phi) is 11.9. The summed E-state index contributed by atoms with van der Waals surface area (Å²) in [6.45, 7) is 4.92. The molecule has 6 aliphatic heterocycles. The van der Waals surface area contributed by atoms with E-state index < -0.39 is 45.4 Å². The van der Waals surface area contributed by atoms with Crippen LogP contribution >= 0.6 is 0 Å². The van der Waals surface area contributed by atoms with Gasteiger partial charge < -0.3 is 53.2 Å². The Labute approximate surface area is 403 Å². The summed E-state index contributed by atoms with van der Waals surface area (Å²) in [5.41, 5.74) is 3.72. The predicted molar refractivity (Wildman–Crippen MR) is 252 cm³/mol. The first-order valence-corrected chi connectivity index (χ1v) is 24.0. The topological polar surface area (TPSA) is 212 Å². The van der Waals surface area contributed by atoms with Crippen LogP contribution in [0.2, 0.25) is 0 Å². The third-order valence-corrected chi connectivity index (χ3v) is 14.6. The molecule has 6 heterocycles. The van der Waals surface area contributed by atoms with E-state index in [1.54, 1.807) is 92.7 Å². The van der Waals surface area contributed by atoms with Crippen LogP contribution in [0.3, 0.4) is 0 Å². The minimum atomic E-state index is -3.98. The Morgan fingerprint density at radius 2 is 1.11 bits per heavy atom. The van der Waals surface area contributed by atoms with Gasteiger partial charge in [-0.1, -0.05) is 17.7 Å². The van der Waals surface area contributed by atoms with Crippen LogP contribution in [0, 0.1) is 6.92 Å². The fourth-order valence-electron chi connectivity index (χ4n) is 9.52. The number of methoxy groups -OCH3 is 2. The molecule has 0 spiro atoms. The number of rotatable bonds is 9. The van der Waals surface area contributed by atoms with Gasteiger partial charge in [-0.05, 0) is 106 Å². The third kappa shape index (κ3) is 8.10. The van der Waals surface area contributed by atoms with Crippen LogP contribution in [-0.2, 0) is 27.5 Å². The molecule has 0 bridgehead atoms. The second kappa shape index (κ2) is 17.8. The second-order valence-corrected chi connectivity index (χ2v) is 19.8. The van der Waals surface area contributed by atoms with Gasteiger partial charge in [-0.25, -0.2) is 0 Å². The van der Waals surface area contributed by atoms with E-state index in [-0.39, 0.29) is 56.1 Å². The predicted octanol–water partition coefficient (Wildman–Crippen LogP) is 6.65. The van der Waals surface area contributed by atoms with Gasteiger partial charge >= 0.3 is 0 Å². The van der Waals surface area contributed by atoms with Gasteiger partial charge in [0, 0.05) is 22.3 Å². The molecule has 5 aromatic rings. The fraction of sp³-hybridized carbons (Fsp3) is 0.321. The third-order valence-electron chi connectivity index (χ3n) is 13.3. The number of ketones is 2. The Balaban J connectivity index is 0.000000169. The number of aryl methyl sites for hydroxylation is 1. The number of carbonyl (C=O) groups is 2. The monoisotopic (exact) mass is 974 g/mol. The summed E-state index contributed by atoms with van der Waals surface area (Å²) in [5.74, 6) is 2.60. The van der Waals surface area contributed by atoms with Crippen LogP contribution in [0.15, 0.2) is 89.8 Å². The van der Waals surface area contributed by atoms with Gasteiger partial charge in [0.25, 0.3) is 10.1 Å². The molecule has 0 saturated heterocycles. The standard InChI is InChI=1S/C30H28O9S.C23H22O7/c1-17-4-6-19(7-5-17)40(33,34)37-16-30(2)11-10-20-23(39-30)9-8-21-28(32)27-22-13-24(35-3)18(14-31)12-25(22)36-15-26(27)38-29(20)21;1-23(11-25)6-5-13-16(30-23)4-3-14-21(26)20-15-8-17(27-2)12(9-24)7-18(15)28-10-19(20)29-22(13)14/h4-13,26-27,31H,14-16H2,1-3H3;3-8,19-20,24-25H,9-11H2,1-2H3/t26-,27+,30?;19-,20+,23?/m11/s1. The van der Waals surface area contributed by atoms with E-state index in [1.165, 1.54) is 26.4 Å². The lowest BCUT2D eigenvalue weighted by atomic mass is 9.80. The molecule has 16 nitrogen and oxygen atoms in total. The molecular formula is C53H50O16S. The SMILES string of the molecule is COc1cc2c(cc1CO)OC[C@H]1Oc3c(ccc4c3C=CC(C)(CO)O4)C(=O)[C@@H]21.COc1cc2c(cc1CO)OC[C@H]1Oc3c(ccc4c3C=CC(C)(COS(=O)(=O)c3ccc(C)cc3)O4)C(=O)[C@@H]21. The summed E-state index contributed by atoms with van der Waals surface area (Å²) < 4.78 is 78.0. The van der Waals surface area contributed by atoms with Crippen molar-refractivity contribution in [2.45, 2.75) is 74.1 Å². The molecule has 17 heteroatoms. The average Bonchev–Trinajstić information content (AvgIpc) is 3.37. The Morgan fingerprint density at radius 3 is 1.57 bits per heavy atom. The van der Waals surface area contributed by atoms with E-state index in [9.17, 15) is 33.3 Å². The van der Waals surface area contributed by atoms with E-state index in [4.69, 9.17) is 42.1 Å². The van der Waals surface area contributed by atoms with Crippen LogP contribution in [0.4, 0.5) is 0 Å². The highest BCUT2D eigenvalue weighted by Crippen LogP contribution is 2.51. The number of aliphatic hydroxyl groups excluding tert-OH is 3. The molecule has 0 fully saturated rings. The summed E-state index contributed by atoms with van der Waals surface area (Å²) in [7, 11) is -0.952. The number of hydrogen-bond donors (Lipinski definition) is 3. The molecule has 3 N–H and O–H groups in total. The van der Waals surface area contributed by atoms with E-state index in [0.717, 1.165) is 5.56 Å². The maximum Gasteiger partial charge on any atom is 0.297 e. The molecule has 6 atom stereocenters. The molecule has 364 valence electrons. The molecule has 0 aromatic heterocycles. The highest BCUT2D eigenvalue weighted by atomic mass is 32.2. The Bertz CT molecular complexity index is 3120. The number of aliphatic hydroxyl groups is 3. The Morgan fingerprint density at radius 1 is 0.643 bits per heavy atom. The normalized spacial score (nSPS) is 23.9. The molecular weight excluding hydrogens is 925 g/mol. The molecule has 0 saturated carbocycles. The van der Waals surface area contributed by atoms with Crippen LogP contribution in [0.1, 0.15) is 85.3 Å². The lowest BCUT2D eigenvalue weighted by molar-refractivity contribution is 0.0523. The molecule has 0 amide bonds. The zero-order valence-corrected chi connectivity index (χ0v) is 39.7. The number of hydrogen-bond acceptors (Lipinski definition) is 16. The first-order chi connectivity index (χ1) is 33.6. The number of fused-ring (bicyclic) bond motifs is 12. The molecule has 2 unspecified atom stereocenters. The number of ether oxygens (including phenoxy) is 8. The van der Waals surface area contributed by atoms with Gasteiger partial charge in [0.15, 0.2) is 11.6 Å². The first-order valence-electron chi connectivity index (χ1n) is 22.6. The lowest BCUT2D eigenvalue weighted by Crippen LogP contribution is -2.43. The summed E-state index contributed by atoms with van der Waals surface area (Å²) in [6, 6.07) is 20.1. The van der Waals surface area contributed by atoms with Crippen molar-refractivity contribution in [3.63, 3.8) is 0 Å². The Hall–Kier alpha value is -6.89. The minimum Gasteiger partial charge on any atom is -0.496 e. The maximum atomic E-state index is 13.8. The average molecular weight is 975 g/mol. The van der Waals surface area contributed by atoms with E-state index >= 15 is 0 Å². The van der Waals surface area contributed by atoms with Crippen molar-refractivity contribution >= 4 is 33.8 Å². The summed E-state index contributed by atoms with van der Waals surface area (Å²) in [6.07, 6.45) is 6.00. The smallest absolute Gasteiger partial charge is 0.297 e. The van der Waals surface area contributed by atoms with Crippen molar-refractivity contribution in [2.24, 2.45) is 0 Å². The van der Waals surface area contributed by atoms with Crippen LogP contribution in [0.5, 0.6) is 46.0 Å².